The number of nitrogens with one attached hydrogen (secondary N) is 1. The van der Waals surface area contributed by atoms with Crippen molar-refractivity contribution in [3.05, 3.63) is 59.1 Å². The van der Waals surface area contributed by atoms with Crippen LogP contribution in [-0.4, -0.2) is 17.5 Å². The summed E-state index contributed by atoms with van der Waals surface area (Å²) in [6, 6.07) is 7.57. The number of halogens is 2. The van der Waals surface area contributed by atoms with Gasteiger partial charge in [-0.05, 0) is 23.8 Å². The first-order chi connectivity index (χ1) is 9.65. The fourth-order valence-electron chi connectivity index (χ4n) is 1.47. The number of carbonyl (C=O) groups is 1. The maximum absolute atomic E-state index is 12.9. The molecule has 1 heterocycles. The molecule has 0 unspecified atom stereocenters. The molecule has 2 aromatic rings. The van der Waals surface area contributed by atoms with Crippen LogP contribution in [0.1, 0.15) is 5.56 Å². The van der Waals surface area contributed by atoms with Crippen molar-refractivity contribution in [2.75, 3.05) is 6.61 Å². The lowest BCUT2D eigenvalue weighted by atomic mass is 10.3. The van der Waals surface area contributed by atoms with Crippen LogP contribution in [0.15, 0.2) is 42.7 Å². The average molecular weight is 295 g/mol. The van der Waals surface area contributed by atoms with Crippen molar-refractivity contribution in [3.8, 4) is 5.75 Å². The summed E-state index contributed by atoms with van der Waals surface area (Å²) in [5.41, 5.74) is 0.894. The number of hydrogen-bond acceptors (Lipinski definition) is 3. The molecular formula is C14H12ClFN2O2. The summed E-state index contributed by atoms with van der Waals surface area (Å²) in [5.74, 6) is -0.470. The van der Waals surface area contributed by atoms with Crippen LogP contribution < -0.4 is 10.1 Å². The molecule has 0 fully saturated rings. The van der Waals surface area contributed by atoms with Crippen molar-refractivity contribution in [2.45, 2.75) is 6.54 Å². The molecule has 0 radical (unpaired) electrons. The fraction of sp³-hybridized carbons (Fsp3) is 0.143. The van der Waals surface area contributed by atoms with E-state index in [1.54, 1.807) is 18.5 Å². The molecule has 0 aliphatic rings. The van der Waals surface area contributed by atoms with Gasteiger partial charge in [0.25, 0.3) is 5.91 Å². The molecule has 0 aliphatic carbocycles. The molecule has 1 aromatic heterocycles. The normalized spacial score (nSPS) is 10.1. The van der Waals surface area contributed by atoms with E-state index in [9.17, 15) is 9.18 Å². The van der Waals surface area contributed by atoms with Gasteiger partial charge in [0.1, 0.15) is 11.6 Å². The lowest BCUT2D eigenvalue weighted by Gasteiger charge is -2.08. The number of pyridine rings is 1. The van der Waals surface area contributed by atoms with Gasteiger partial charge in [-0.15, -0.1) is 0 Å². The van der Waals surface area contributed by atoms with E-state index in [4.69, 9.17) is 16.3 Å². The van der Waals surface area contributed by atoms with Crippen LogP contribution in [-0.2, 0) is 11.3 Å². The second-order valence-corrected chi connectivity index (χ2v) is 4.41. The predicted molar refractivity (Wildman–Crippen MR) is 73.0 cm³/mol. The standard InChI is InChI=1S/C14H12ClFN2O2/c15-12-6-11(3-4-13(12)16)20-9-14(19)18-8-10-2-1-5-17-7-10/h1-7H,8-9H2,(H,18,19). The highest BCUT2D eigenvalue weighted by Gasteiger charge is 2.05. The van der Waals surface area contributed by atoms with Gasteiger partial charge < -0.3 is 10.1 Å². The molecule has 104 valence electrons. The van der Waals surface area contributed by atoms with Crippen molar-refractivity contribution in [1.82, 2.24) is 10.3 Å². The zero-order valence-electron chi connectivity index (χ0n) is 10.5. The summed E-state index contributed by atoms with van der Waals surface area (Å²) < 4.78 is 18.1. The molecule has 1 aromatic carbocycles. The Morgan fingerprint density at radius 1 is 1.40 bits per heavy atom. The molecule has 1 amide bonds. The number of amides is 1. The van der Waals surface area contributed by atoms with E-state index in [2.05, 4.69) is 10.3 Å². The molecule has 6 heteroatoms. The number of aromatic nitrogens is 1. The third kappa shape index (κ3) is 4.20. The quantitative estimate of drug-likeness (QED) is 0.922. The lowest BCUT2D eigenvalue weighted by molar-refractivity contribution is -0.123. The molecule has 0 aliphatic heterocycles. The Hall–Kier alpha value is -2.14. The summed E-state index contributed by atoms with van der Waals surface area (Å²) in [4.78, 5) is 15.5. The number of hydrogen-bond donors (Lipinski definition) is 1. The van der Waals surface area contributed by atoms with Crippen LogP contribution in [0.25, 0.3) is 0 Å². The Morgan fingerprint density at radius 2 is 2.25 bits per heavy atom. The SMILES string of the molecule is O=C(COc1ccc(F)c(Cl)c1)NCc1cccnc1. The van der Waals surface area contributed by atoms with Crippen molar-refractivity contribution in [2.24, 2.45) is 0 Å². The first-order valence-corrected chi connectivity index (χ1v) is 6.26. The highest BCUT2D eigenvalue weighted by Crippen LogP contribution is 2.20. The van der Waals surface area contributed by atoms with E-state index in [1.807, 2.05) is 6.07 Å². The van der Waals surface area contributed by atoms with Crippen molar-refractivity contribution < 1.29 is 13.9 Å². The van der Waals surface area contributed by atoms with Crippen LogP contribution in [0.3, 0.4) is 0 Å². The van der Waals surface area contributed by atoms with Gasteiger partial charge >= 0.3 is 0 Å². The largest absolute Gasteiger partial charge is 0.484 e. The zero-order chi connectivity index (χ0) is 14.4. The first kappa shape index (κ1) is 14.3. The number of carbonyl (C=O) groups excluding carboxylic acids is 1. The molecule has 0 bridgehead atoms. The number of benzene rings is 1. The van der Waals surface area contributed by atoms with E-state index in [0.29, 0.717) is 12.3 Å². The summed E-state index contributed by atoms with van der Waals surface area (Å²) in [6.07, 6.45) is 3.33. The minimum atomic E-state index is -0.528. The van der Waals surface area contributed by atoms with E-state index in [0.717, 1.165) is 5.56 Å². The van der Waals surface area contributed by atoms with Gasteiger partial charge in [-0.1, -0.05) is 17.7 Å². The second-order valence-electron chi connectivity index (χ2n) is 4.00. The molecule has 2 rings (SSSR count). The summed E-state index contributed by atoms with van der Waals surface area (Å²) in [6.45, 7) is 0.211. The van der Waals surface area contributed by atoms with Crippen LogP contribution in [0.5, 0.6) is 5.75 Å². The third-order valence-corrected chi connectivity index (χ3v) is 2.76. The highest BCUT2D eigenvalue weighted by molar-refractivity contribution is 6.30. The van der Waals surface area contributed by atoms with E-state index >= 15 is 0 Å². The van der Waals surface area contributed by atoms with Crippen LogP contribution in [0.2, 0.25) is 5.02 Å². The predicted octanol–water partition coefficient (Wildman–Crippen LogP) is 2.57. The summed E-state index contributed by atoms with van der Waals surface area (Å²) >= 11 is 5.61. The average Bonchev–Trinajstić information content (AvgIpc) is 2.47. The number of ether oxygens (including phenoxy) is 1. The van der Waals surface area contributed by atoms with Crippen LogP contribution in [0, 0.1) is 5.82 Å². The Balaban J connectivity index is 1.79. The minimum Gasteiger partial charge on any atom is -0.484 e. The third-order valence-electron chi connectivity index (χ3n) is 2.47. The maximum atomic E-state index is 12.9. The molecule has 1 N–H and O–H groups in total. The zero-order valence-corrected chi connectivity index (χ0v) is 11.2. The smallest absolute Gasteiger partial charge is 0.258 e. The Labute approximate surface area is 120 Å². The number of rotatable bonds is 5. The van der Waals surface area contributed by atoms with Gasteiger partial charge in [-0.2, -0.15) is 0 Å². The number of nitrogens with zero attached hydrogens (tertiary/aromatic N) is 1. The van der Waals surface area contributed by atoms with Gasteiger partial charge in [0.15, 0.2) is 6.61 Å². The van der Waals surface area contributed by atoms with Gasteiger partial charge in [-0.3, -0.25) is 9.78 Å². The maximum Gasteiger partial charge on any atom is 0.258 e. The van der Waals surface area contributed by atoms with E-state index in [1.165, 1.54) is 18.2 Å². The van der Waals surface area contributed by atoms with Gasteiger partial charge in [0.05, 0.1) is 5.02 Å². The molecule has 0 spiro atoms. The van der Waals surface area contributed by atoms with Gasteiger partial charge in [0, 0.05) is 25.0 Å². The minimum absolute atomic E-state index is 0.0433. The summed E-state index contributed by atoms with van der Waals surface area (Å²) in [5, 5.41) is 2.64. The van der Waals surface area contributed by atoms with Crippen molar-refractivity contribution >= 4 is 17.5 Å². The topological polar surface area (TPSA) is 51.2 Å². The molecular weight excluding hydrogens is 283 g/mol. The Kier molecular flexibility index (Phi) is 4.90. The van der Waals surface area contributed by atoms with Gasteiger partial charge in [0.2, 0.25) is 0 Å². The second kappa shape index (κ2) is 6.86. The molecule has 0 saturated carbocycles. The monoisotopic (exact) mass is 294 g/mol. The highest BCUT2D eigenvalue weighted by atomic mass is 35.5. The Morgan fingerprint density at radius 3 is 2.95 bits per heavy atom. The van der Waals surface area contributed by atoms with Crippen molar-refractivity contribution in [1.29, 1.82) is 0 Å². The molecule has 0 atom stereocenters. The lowest BCUT2D eigenvalue weighted by Crippen LogP contribution is -2.28. The molecule has 0 saturated heterocycles. The fourth-order valence-corrected chi connectivity index (χ4v) is 1.64. The molecule has 20 heavy (non-hydrogen) atoms. The summed E-state index contributed by atoms with van der Waals surface area (Å²) in [7, 11) is 0. The van der Waals surface area contributed by atoms with E-state index in [-0.39, 0.29) is 17.5 Å². The van der Waals surface area contributed by atoms with E-state index < -0.39 is 5.82 Å². The van der Waals surface area contributed by atoms with Crippen LogP contribution >= 0.6 is 11.6 Å². The van der Waals surface area contributed by atoms with Crippen LogP contribution in [0.4, 0.5) is 4.39 Å². The Bertz CT molecular complexity index is 593. The van der Waals surface area contributed by atoms with Crippen molar-refractivity contribution in [3.63, 3.8) is 0 Å². The first-order valence-electron chi connectivity index (χ1n) is 5.88. The van der Waals surface area contributed by atoms with Gasteiger partial charge in [-0.25, -0.2) is 4.39 Å². The molecule has 4 nitrogen and oxygen atoms in total.